The van der Waals surface area contributed by atoms with Crippen LogP contribution in [0, 0.1) is 0 Å². The summed E-state index contributed by atoms with van der Waals surface area (Å²) in [5.74, 6) is 2.34. The zero-order valence-electron chi connectivity index (χ0n) is 16.4. The number of carbonyl (C=O) groups excluding carboxylic acids is 1. The SMILES string of the molecule is CCc1nc(Nc2cc(C(=O)NC3CC3)ccn2)nc(N2CCN(C)CC2)n1. The Morgan fingerprint density at radius 1 is 1.18 bits per heavy atom. The summed E-state index contributed by atoms with van der Waals surface area (Å²) in [4.78, 5) is 34.7. The maximum atomic E-state index is 12.3. The number of likely N-dealkylation sites (N-methyl/N-ethyl adjacent to an activating group) is 1. The lowest BCUT2D eigenvalue weighted by Crippen LogP contribution is -2.45. The van der Waals surface area contributed by atoms with Gasteiger partial charge in [-0.3, -0.25) is 4.79 Å². The van der Waals surface area contributed by atoms with Crippen molar-refractivity contribution >= 4 is 23.6 Å². The monoisotopic (exact) mass is 382 g/mol. The average molecular weight is 382 g/mol. The Labute approximate surface area is 164 Å². The standard InChI is InChI=1S/C19H26N8O/c1-3-15-22-18(25-19(24-15)27-10-8-26(2)9-11-27)23-16-12-13(6-7-20-16)17(28)21-14-4-5-14/h6-7,12,14H,3-5,8-11H2,1-2H3,(H,21,28)(H,20,22,23,24,25). The van der Waals surface area contributed by atoms with Crippen LogP contribution in [0.25, 0.3) is 0 Å². The molecule has 2 N–H and O–H groups in total. The third-order valence-electron chi connectivity index (χ3n) is 4.95. The molecule has 2 aromatic rings. The molecule has 2 aromatic heterocycles. The van der Waals surface area contributed by atoms with E-state index in [9.17, 15) is 4.79 Å². The predicted octanol–water partition coefficient (Wildman–Crippen LogP) is 1.22. The van der Waals surface area contributed by atoms with Gasteiger partial charge in [0.1, 0.15) is 11.6 Å². The quantitative estimate of drug-likeness (QED) is 0.769. The molecule has 2 fully saturated rings. The highest BCUT2D eigenvalue weighted by molar-refractivity contribution is 5.95. The second-order valence-electron chi connectivity index (χ2n) is 7.32. The van der Waals surface area contributed by atoms with Crippen molar-refractivity contribution in [2.75, 3.05) is 43.4 Å². The molecule has 2 aliphatic rings. The van der Waals surface area contributed by atoms with Crippen LogP contribution in [0.2, 0.25) is 0 Å². The number of carbonyl (C=O) groups is 1. The van der Waals surface area contributed by atoms with E-state index in [0.29, 0.717) is 29.3 Å². The average Bonchev–Trinajstić information content (AvgIpc) is 3.52. The Morgan fingerprint density at radius 3 is 2.68 bits per heavy atom. The molecule has 9 nitrogen and oxygen atoms in total. The summed E-state index contributed by atoms with van der Waals surface area (Å²) in [6, 6.07) is 3.75. The number of aryl methyl sites for hydroxylation is 1. The second-order valence-corrected chi connectivity index (χ2v) is 7.32. The molecule has 3 heterocycles. The van der Waals surface area contributed by atoms with Crippen LogP contribution in [0.15, 0.2) is 18.3 Å². The summed E-state index contributed by atoms with van der Waals surface area (Å²) in [5.41, 5.74) is 0.577. The van der Waals surface area contributed by atoms with Crippen molar-refractivity contribution in [1.82, 2.24) is 30.2 Å². The number of nitrogens with one attached hydrogen (secondary N) is 2. The number of anilines is 3. The lowest BCUT2D eigenvalue weighted by molar-refractivity contribution is 0.0951. The van der Waals surface area contributed by atoms with Gasteiger partial charge < -0.3 is 20.4 Å². The van der Waals surface area contributed by atoms with Crippen molar-refractivity contribution in [1.29, 1.82) is 0 Å². The molecule has 1 aliphatic heterocycles. The molecule has 0 spiro atoms. The van der Waals surface area contributed by atoms with Gasteiger partial charge in [0.15, 0.2) is 0 Å². The maximum absolute atomic E-state index is 12.3. The number of amides is 1. The third-order valence-corrected chi connectivity index (χ3v) is 4.95. The van der Waals surface area contributed by atoms with E-state index < -0.39 is 0 Å². The number of nitrogens with zero attached hydrogens (tertiary/aromatic N) is 6. The van der Waals surface area contributed by atoms with Gasteiger partial charge in [-0.1, -0.05) is 6.92 Å². The lowest BCUT2D eigenvalue weighted by Gasteiger charge is -2.32. The van der Waals surface area contributed by atoms with Crippen molar-refractivity contribution in [3.05, 3.63) is 29.7 Å². The van der Waals surface area contributed by atoms with E-state index >= 15 is 0 Å². The van der Waals surface area contributed by atoms with Crippen molar-refractivity contribution in [2.45, 2.75) is 32.2 Å². The summed E-state index contributed by atoms with van der Waals surface area (Å²) < 4.78 is 0. The van der Waals surface area contributed by atoms with E-state index in [-0.39, 0.29) is 5.91 Å². The number of hydrogen-bond acceptors (Lipinski definition) is 8. The zero-order chi connectivity index (χ0) is 19.5. The Morgan fingerprint density at radius 2 is 1.96 bits per heavy atom. The van der Waals surface area contributed by atoms with E-state index in [0.717, 1.165) is 51.3 Å². The highest BCUT2D eigenvalue weighted by atomic mass is 16.1. The molecule has 0 aromatic carbocycles. The van der Waals surface area contributed by atoms with Gasteiger partial charge in [0.25, 0.3) is 5.91 Å². The predicted molar refractivity (Wildman–Crippen MR) is 107 cm³/mol. The summed E-state index contributed by atoms with van der Waals surface area (Å²) in [6.07, 6.45) is 4.45. The van der Waals surface area contributed by atoms with Crippen LogP contribution in [-0.2, 0) is 6.42 Å². The molecule has 148 valence electrons. The molecule has 1 amide bonds. The van der Waals surface area contributed by atoms with E-state index in [1.807, 2.05) is 6.92 Å². The maximum Gasteiger partial charge on any atom is 0.251 e. The highest BCUT2D eigenvalue weighted by Crippen LogP contribution is 2.20. The lowest BCUT2D eigenvalue weighted by atomic mass is 10.2. The fourth-order valence-electron chi connectivity index (χ4n) is 3.02. The highest BCUT2D eigenvalue weighted by Gasteiger charge is 2.24. The molecule has 0 unspecified atom stereocenters. The first-order valence-corrected chi connectivity index (χ1v) is 9.83. The van der Waals surface area contributed by atoms with Gasteiger partial charge in [-0.15, -0.1) is 0 Å². The van der Waals surface area contributed by atoms with Crippen molar-refractivity contribution in [2.24, 2.45) is 0 Å². The van der Waals surface area contributed by atoms with Crippen LogP contribution < -0.4 is 15.5 Å². The van der Waals surface area contributed by atoms with Gasteiger partial charge in [0.05, 0.1) is 0 Å². The minimum Gasteiger partial charge on any atom is -0.349 e. The second kappa shape index (κ2) is 8.05. The minimum absolute atomic E-state index is 0.0732. The topological polar surface area (TPSA) is 99.2 Å². The normalized spacial score (nSPS) is 17.4. The summed E-state index contributed by atoms with van der Waals surface area (Å²) in [5, 5.41) is 6.13. The van der Waals surface area contributed by atoms with E-state index in [1.165, 1.54) is 0 Å². The van der Waals surface area contributed by atoms with E-state index in [4.69, 9.17) is 0 Å². The Bertz CT molecular complexity index is 846. The smallest absolute Gasteiger partial charge is 0.251 e. The van der Waals surface area contributed by atoms with Crippen LogP contribution >= 0.6 is 0 Å². The Balaban J connectivity index is 1.52. The van der Waals surface area contributed by atoms with Crippen molar-refractivity contribution < 1.29 is 4.79 Å². The molecular weight excluding hydrogens is 356 g/mol. The fraction of sp³-hybridized carbons (Fsp3) is 0.526. The first kappa shape index (κ1) is 18.5. The van der Waals surface area contributed by atoms with Crippen LogP contribution in [0.1, 0.15) is 35.9 Å². The molecule has 4 rings (SSSR count). The first-order valence-electron chi connectivity index (χ1n) is 9.83. The van der Waals surface area contributed by atoms with Gasteiger partial charge in [-0.05, 0) is 32.0 Å². The third kappa shape index (κ3) is 4.53. The van der Waals surface area contributed by atoms with Gasteiger partial charge in [0, 0.05) is 50.4 Å². The van der Waals surface area contributed by atoms with Crippen LogP contribution in [0.4, 0.5) is 17.7 Å². The van der Waals surface area contributed by atoms with E-state index in [2.05, 4.69) is 47.4 Å². The molecule has 1 aliphatic carbocycles. The fourth-order valence-corrected chi connectivity index (χ4v) is 3.02. The molecule has 28 heavy (non-hydrogen) atoms. The van der Waals surface area contributed by atoms with Crippen molar-refractivity contribution in [3.63, 3.8) is 0 Å². The largest absolute Gasteiger partial charge is 0.349 e. The number of pyridine rings is 1. The summed E-state index contributed by atoms with van der Waals surface area (Å²) >= 11 is 0. The molecule has 1 saturated carbocycles. The number of rotatable bonds is 6. The van der Waals surface area contributed by atoms with Crippen LogP contribution in [0.3, 0.4) is 0 Å². The van der Waals surface area contributed by atoms with Gasteiger partial charge in [-0.2, -0.15) is 15.0 Å². The Kier molecular flexibility index (Phi) is 5.34. The number of hydrogen-bond donors (Lipinski definition) is 2. The Hall–Kier alpha value is -2.81. The summed E-state index contributed by atoms with van der Waals surface area (Å²) in [6.45, 7) is 5.76. The first-order chi connectivity index (χ1) is 13.6. The number of aromatic nitrogens is 4. The number of piperazine rings is 1. The molecule has 9 heteroatoms. The molecule has 0 bridgehead atoms. The van der Waals surface area contributed by atoms with Gasteiger partial charge in [0.2, 0.25) is 11.9 Å². The minimum atomic E-state index is -0.0732. The van der Waals surface area contributed by atoms with Crippen LogP contribution in [-0.4, -0.2) is 70.0 Å². The summed E-state index contributed by atoms with van der Waals surface area (Å²) in [7, 11) is 2.12. The van der Waals surface area contributed by atoms with Crippen LogP contribution in [0.5, 0.6) is 0 Å². The zero-order valence-corrected chi connectivity index (χ0v) is 16.4. The van der Waals surface area contributed by atoms with Gasteiger partial charge in [-0.25, -0.2) is 4.98 Å². The van der Waals surface area contributed by atoms with E-state index in [1.54, 1.807) is 18.3 Å². The molecule has 1 saturated heterocycles. The molecule has 0 atom stereocenters. The molecular formula is C19H26N8O. The van der Waals surface area contributed by atoms with Gasteiger partial charge >= 0.3 is 0 Å². The van der Waals surface area contributed by atoms with Crippen molar-refractivity contribution in [3.8, 4) is 0 Å². The molecule has 0 radical (unpaired) electrons.